The minimum Gasteiger partial charge on any atom is -0.379 e. The Morgan fingerprint density at radius 3 is 2.58 bits per heavy atom. The normalized spacial score (nSPS) is 14.0. The summed E-state index contributed by atoms with van der Waals surface area (Å²) in [6.07, 6.45) is 3.85. The van der Waals surface area contributed by atoms with Gasteiger partial charge in [0.05, 0.1) is 12.0 Å². The molecule has 0 bridgehead atoms. The van der Waals surface area contributed by atoms with Crippen LogP contribution in [0.5, 0.6) is 0 Å². The number of fused-ring (bicyclic) bond motifs is 1. The third-order valence-electron chi connectivity index (χ3n) is 4.23. The second-order valence-electron chi connectivity index (χ2n) is 6.55. The van der Waals surface area contributed by atoms with Gasteiger partial charge in [-0.1, -0.05) is 32.0 Å². The molecule has 1 atom stereocenters. The van der Waals surface area contributed by atoms with Crippen molar-refractivity contribution in [2.75, 3.05) is 0 Å². The van der Waals surface area contributed by atoms with Crippen LogP contribution in [0.4, 0.5) is 0 Å². The number of nitrogens with one attached hydrogen (secondary N) is 1. The van der Waals surface area contributed by atoms with E-state index in [0.29, 0.717) is 23.6 Å². The molecule has 0 aliphatic heterocycles. The second kappa shape index (κ2) is 6.09. The maximum atomic E-state index is 11.4. The van der Waals surface area contributed by atoms with Gasteiger partial charge < -0.3 is 15.8 Å². The molecule has 0 aliphatic carbocycles. The third kappa shape index (κ3) is 2.90. The first-order chi connectivity index (χ1) is 11.4. The Morgan fingerprint density at radius 2 is 1.96 bits per heavy atom. The van der Waals surface area contributed by atoms with Crippen molar-refractivity contribution in [1.29, 1.82) is 0 Å². The smallest absolute Gasteiger partial charge is 0.248 e. The average molecular weight is 323 g/mol. The first-order valence-electron chi connectivity index (χ1n) is 7.96. The lowest BCUT2D eigenvalue weighted by Crippen LogP contribution is -2.29. The zero-order valence-corrected chi connectivity index (χ0v) is 13.8. The van der Waals surface area contributed by atoms with Gasteiger partial charge in [-0.25, -0.2) is 4.98 Å². The molecule has 0 radical (unpaired) electrons. The van der Waals surface area contributed by atoms with Crippen LogP contribution >= 0.6 is 0 Å². The summed E-state index contributed by atoms with van der Waals surface area (Å²) in [6, 6.07) is 11.0. The van der Waals surface area contributed by atoms with Gasteiger partial charge in [0.2, 0.25) is 5.91 Å². The van der Waals surface area contributed by atoms with Gasteiger partial charge in [-0.2, -0.15) is 0 Å². The lowest BCUT2D eigenvalue weighted by molar-refractivity contribution is 0.0536. The lowest BCUT2D eigenvalue weighted by Gasteiger charge is -2.29. The molecule has 0 spiro atoms. The molecular weight excluding hydrogens is 302 g/mol. The van der Waals surface area contributed by atoms with Crippen molar-refractivity contribution in [3.05, 3.63) is 65.7 Å². The van der Waals surface area contributed by atoms with Crippen LogP contribution in [0.3, 0.4) is 0 Å². The summed E-state index contributed by atoms with van der Waals surface area (Å²) < 4.78 is 0. The van der Waals surface area contributed by atoms with Crippen molar-refractivity contribution in [3.8, 4) is 0 Å². The number of H-pyrrole nitrogens is 1. The summed E-state index contributed by atoms with van der Waals surface area (Å²) in [7, 11) is 0. The average Bonchev–Trinajstić information content (AvgIpc) is 3.08. The molecule has 3 aromatic rings. The molecule has 4 N–H and O–H groups in total. The van der Waals surface area contributed by atoms with Crippen LogP contribution in [0.1, 0.15) is 41.9 Å². The highest BCUT2D eigenvalue weighted by atomic mass is 16.3. The van der Waals surface area contributed by atoms with Crippen molar-refractivity contribution in [2.45, 2.75) is 25.9 Å². The van der Waals surface area contributed by atoms with Crippen LogP contribution in [0, 0.1) is 5.92 Å². The Morgan fingerprint density at radius 1 is 1.25 bits per heavy atom. The Balaban J connectivity index is 2.11. The van der Waals surface area contributed by atoms with E-state index in [1.807, 2.05) is 24.3 Å². The molecule has 1 unspecified atom stereocenters. The lowest BCUT2D eigenvalue weighted by atomic mass is 9.82. The number of amides is 1. The first kappa shape index (κ1) is 16.2. The molecule has 1 heterocycles. The summed E-state index contributed by atoms with van der Waals surface area (Å²) in [6.45, 7) is 4.13. The Kier molecular flexibility index (Phi) is 4.11. The monoisotopic (exact) mass is 323 g/mol. The van der Waals surface area contributed by atoms with E-state index in [1.54, 1.807) is 24.7 Å². The standard InChI is InChI=1S/C19H21N3O2/c1-12(2)9-19(24,17-10-21-11-22-17)16-6-5-13-7-15(18(20)23)4-3-14(13)8-16/h3-8,10-12,24H,9H2,1-2H3,(H2,20,23)(H,21,22). The number of aromatic nitrogens is 2. The number of benzene rings is 2. The van der Waals surface area contributed by atoms with E-state index < -0.39 is 11.5 Å². The molecule has 0 saturated heterocycles. The van der Waals surface area contributed by atoms with Gasteiger partial charge in [0.25, 0.3) is 0 Å². The highest BCUT2D eigenvalue weighted by Gasteiger charge is 2.34. The van der Waals surface area contributed by atoms with Crippen molar-refractivity contribution >= 4 is 16.7 Å². The second-order valence-corrected chi connectivity index (χ2v) is 6.55. The van der Waals surface area contributed by atoms with E-state index in [4.69, 9.17) is 5.73 Å². The van der Waals surface area contributed by atoms with E-state index in [9.17, 15) is 9.90 Å². The number of primary amides is 1. The largest absolute Gasteiger partial charge is 0.379 e. The number of rotatable bonds is 5. The molecule has 24 heavy (non-hydrogen) atoms. The summed E-state index contributed by atoms with van der Waals surface area (Å²) in [5, 5.41) is 13.2. The molecule has 1 aromatic heterocycles. The van der Waals surface area contributed by atoms with E-state index >= 15 is 0 Å². The fraction of sp³-hybridized carbons (Fsp3) is 0.263. The summed E-state index contributed by atoms with van der Waals surface area (Å²) in [4.78, 5) is 18.5. The van der Waals surface area contributed by atoms with Gasteiger partial charge >= 0.3 is 0 Å². The van der Waals surface area contributed by atoms with E-state index in [2.05, 4.69) is 23.8 Å². The number of nitrogens with two attached hydrogens (primary N) is 1. The zero-order valence-electron chi connectivity index (χ0n) is 13.8. The number of aliphatic hydroxyl groups is 1. The minimum absolute atomic E-state index is 0.291. The van der Waals surface area contributed by atoms with E-state index in [1.165, 1.54) is 0 Å². The summed E-state index contributed by atoms with van der Waals surface area (Å²) in [5.41, 5.74) is 6.02. The van der Waals surface area contributed by atoms with Crippen LogP contribution in [0.15, 0.2) is 48.9 Å². The third-order valence-corrected chi connectivity index (χ3v) is 4.23. The highest BCUT2D eigenvalue weighted by Crippen LogP contribution is 2.36. The Hall–Kier alpha value is -2.66. The van der Waals surface area contributed by atoms with Gasteiger partial charge in [0, 0.05) is 11.8 Å². The van der Waals surface area contributed by atoms with Gasteiger partial charge in [-0.05, 0) is 46.9 Å². The fourth-order valence-corrected chi connectivity index (χ4v) is 3.10. The predicted octanol–water partition coefficient (Wildman–Crippen LogP) is 2.94. The molecule has 3 rings (SSSR count). The number of carbonyl (C=O) groups excluding carboxylic acids is 1. The maximum Gasteiger partial charge on any atom is 0.248 e. The van der Waals surface area contributed by atoms with E-state index in [-0.39, 0.29) is 0 Å². The highest BCUT2D eigenvalue weighted by molar-refractivity contribution is 5.97. The van der Waals surface area contributed by atoms with Crippen LogP contribution in [0.25, 0.3) is 10.8 Å². The van der Waals surface area contributed by atoms with Crippen molar-refractivity contribution < 1.29 is 9.90 Å². The van der Waals surface area contributed by atoms with Gasteiger partial charge in [-0.15, -0.1) is 0 Å². The van der Waals surface area contributed by atoms with Crippen molar-refractivity contribution in [1.82, 2.24) is 9.97 Å². The molecule has 0 fully saturated rings. The molecule has 5 nitrogen and oxygen atoms in total. The first-order valence-corrected chi connectivity index (χ1v) is 7.96. The van der Waals surface area contributed by atoms with Crippen LogP contribution in [-0.2, 0) is 5.60 Å². The van der Waals surface area contributed by atoms with Crippen LogP contribution < -0.4 is 5.73 Å². The van der Waals surface area contributed by atoms with Crippen LogP contribution in [-0.4, -0.2) is 21.0 Å². The minimum atomic E-state index is -1.16. The molecule has 2 aromatic carbocycles. The van der Waals surface area contributed by atoms with Gasteiger partial charge in [0.1, 0.15) is 5.60 Å². The number of imidazole rings is 1. The van der Waals surface area contributed by atoms with Gasteiger partial charge in [0.15, 0.2) is 0 Å². The molecule has 0 saturated carbocycles. The Bertz CT molecular complexity index is 871. The SMILES string of the molecule is CC(C)CC(O)(c1ccc2cc(C(N)=O)ccc2c1)c1c[nH]cn1. The molecule has 124 valence electrons. The quantitative estimate of drug-likeness (QED) is 0.674. The van der Waals surface area contributed by atoms with Crippen molar-refractivity contribution in [3.63, 3.8) is 0 Å². The van der Waals surface area contributed by atoms with Crippen LogP contribution in [0.2, 0.25) is 0 Å². The Labute approximate surface area is 140 Å². The van der Waals surface area contributed by atoms with Crippen molar-refractivity contribution in [2.24, 2.45) is 11.7 Å². The summed E-state index contributed by atoms with van der Waals surface area (Å²) in [5.74, 6) is -0.159. The van der Waals surface area contributed by atoms with Gasteiger partial charge in [-0.3, -0.25) is 4.79 Å². The number of hydrogen-bond donors (Lipinski definition) is 3. The maximum absolute atomic E-state index is 11.4. The zero-order chi connectivity index (χ0) is 17.3. The number of carbonyl (C=O) groups is 1. The summed E-state index contributed by atoms with van der Waals surface area (Å²) >= 11 is 0. The number of hydrogen-bond acceptors (Lipinski definition) is 3. The topological polar surface area (TPSA) is 92.0 Å². The molecule has 5 heteroatoms. The number of nitrogens with zero attached hydrogens (tertiary/aromatic N) is 1. The van der Waals surface area contributed by atoms with E-state index in [0.717, 1.165) is 16.3 Å². The predicted molar refractivity (Wildman–Crippen MR) is 93.5 cm³/mol. The number of aromatic amines is 1. The molecular formula is C19H21N3O2. The fourth-order valence-electron chi connectivity index (χ4n) is 3.10. The molecule has 0 aliphatic rings. The molecule has 1 amide bonds.